The lowest BCUT2D eigenvalue weighted by Crippen LogP contribution is -2.48. The van der Waals surface area contributed by atoms with Crippen LogP contribution in [0.5, 0.6) is 0 Å². The molecule has 1 aliphatic rings. The van der Waals surface area contributed by atoms with E-state index in [2.05, 4.69) is 27.8 Å². The summed E-state index contributed by atoms with van der Waals surface area (Å²) in [5, 5.41) is 0. The Balaban J connectivity index is 2.07. The van der Waals surface area contributed by atoms with Crippen LogP contribution in [0.2, 0.25) is 0 Å². The average molecular weight is 315 g/mol. The SMILES string of the molecule is CCN1CCN(C(=O)c2cc(F)cc(Br)c2)CC1. The van der Waals surface area contributed by atoms with Crippen molar-refractivity contribution in [1.29, 1.82) is 0 Å². The van der Waals surface area contributed by atoms with Crippen molar-refractivity contribution in [3.63, 3.8) is 0 Å². The van der Waals surface area contributed by atoms with Gasteiger partial charge in [0.25, 0.3) is 5.91 Å². The third kappa shape index (κ3) is 3.09. The third-order valence-electron chi connectivity index (χ3n) is 3.22. The Morgan fingerprint density at radius 1 is 1.28 bits per heavy atom. The standard InChI is InChI=1S/C13H16BrFN2O/c1-2-16-3-5-17(6-4-16)13(18)10-7-11(14)9-12(15)8-10/h7-9H,2-6H2,1H3. The Hall–Kier alpha value is -0.940. The number of hydrogen-bond acceptors (Lipinski definition) is 2. The van der Waals surface area contributed by atoms with Crippen molar-refractivity contribution in [2.75, 3.05) is 32.7 Å². The number of rotatable bonds is 2. The summed E-state index contributed by atoms with van der Waals surface area (Å²) < 4.78 is 13.9. The van der Waals surface area contributed by atoms with Crippen LogP contribution in [0.4, 0.5) is 4.39 Å². The Morgan fingerprint density at radius 3 is 2.50 bits per heavy atom. The van der Waals surface area contributed by atoms with E-state index < -0.39 is 0 Å². The molecule has 1 aromatic rings. The highest BCUT2D eigenvalue weighted by Crippen LogP contribution is 2.17. The van der Waals surface area contributed by atoms with Crippen molar-refractivity contribution in [2.45, 2.75) is 6.92 Å². The quantitative estimate of drug-likeness (QED) is 0.836. The molecule has 0 saturated carbocycles. The highest BCUT2D eigenvalue weighted by atomic mass is 79.9. The molecule has 18 heavy (non-hydrogen) atoms. The normalized spacial score (nSPS) is 16.9. The van der Waals surface area contributed by atoms with Crippen molar-refractivity contribution >= 4 is 21.8 Å². The van der Waals surface area contributed by atoms with Gasteiger partial charge in [-0.1, -0.05) is 22.9 Å². The highest BCUT2D eigenvalue weighted by Gasteiger charge is 2.21. The fourth-order valence-electron chi connectivity index (χ4n) is 2.13. The number of nitrogens with zero attached hydrogens (tertiary/aromatic N) is 2. The van der Waals surface area contributed by atoms with Crippen molar-refractivity contribution in [2.24, 2.45) is 0 Å². The van der Waals surface area contributed by atoms with E-state index in [4.69, 9.17) is 0 Å². The second-order valence-electron chi connectivity index (χ2n) is 4.38. The van der Waals surface area contributed by atoms with Crippen LogP contribution in [-0.4, -0.2) is 48.4 Å². The first kappa shape index (κ1) is 13.5. The van der Waals surface area contributed by atoms with E-state index in [9.17, 15) is 9.18 Å². The maximum Gasteiger partial charge on any atom is 0.254 e. The summed E-state index contributed by atoms with van der Waals surface area (Å²) in [4.78, 5) is 16.3. The summed E-state index contributed by atoms with van der Waals surface area (Å²) in [6.45, 7) is 6.31. The van der Waals surface area contributed by atoms with Gasteiger partial charge in [-0.25, -0.2) is 4.39 Å². The smallest absolute Gasteiger partial charge is 0.254 e. The van der Waals surface area contributed by atoms with Gasteiger partial charge in [-0.05, 0) is 24.7 Å². The molecule has 1 saturated heterocycles. The monoisotopic (exact) mass is 314 g/mol. The predicted molar refractivity (Wildman–Crippen MR) is 72.1 cm³/mol. The van der Waals surface area contributed by atoms with E-state index in [1.807, 2.05) is 0 Å². The first-order chi connectivity index (χ1) is 8.60. The van der Waals surface area contributed by atoms with Crippen molar-refractivity contribution in [3.05, 3.63) is 34.1 Å². The van der Waals surface area contributed by atoms with Crippen LogP contribution in [0.15, 0.2) is 22.7 Å². The number of amides is 1. The summed E-state index contributed by atoms with van der Waals surface area (Å²) in [6, 6.07) is 4.31. The predicted octanol–water partition coefficient (Wildman–Crippen LogP) is 2.37. The second kappa shape index (κ2) is 5.80. The Morgan fingerprint density at radius 2 is 1.94 bits per heavy atom. The Kier molecular flexibility index (Phi) is 4.35. The van der Waals surface area contributed by atoms with Gasteiger partial charge in [0.15, 0.2) is 0 Å². The van der Waals surface area contributed by atoms with Gasteiger partial charge in [0.05, 0.1) is 0 Å². The minimum atomic E-state index is -0.389. The van der Waals surface area contributed by atoms with Crippen molar-refractivity contribution < 1.29 is 9.18 Å². The molecule has 98 valence electrons. The molecule has 1 aliphatic heterocycles. The highest BCUT2D eigenvalue weighted by molar-refractivity contribution is 9.10. The topological polar surface area (TPSA) is 23.6 Å². The van der Waals surface area contributed by atoms with Crippen LogP contribution in [-0.2, 0) is 0 Å². The first-order valence-electron chi connectivity index (χ1n) is 6.08. The van der Waals surface area contributed by atoms with E-state index in [0.717, 1.165) is 19.6 Å². The molecule has 3 nitrogen and oxygen atoms in total. The molecule has 5 heteroatoms. The number of benzene rings is 1. The summed E-state index contributed by atoms with van der Waals surface area (Å²) in [5.41, 5.74) is 0.409. The largest absolute Gasteiger partial charge is 0.336 e. The molecule has 1 aromatic carbocycles. The van der Waals surface area contributed by atoms with Crippen molar-refractivity contribution in [1.82, 2.24) is 9.80 Å². The van der Waals surface area contributed by atoms with Gasteiger partial charge < -0.3 is 9.80 Å². The fraction of sp³-hybridized carbons (Fsp3) is 0.462. The minimum absolute atomic E-state index is 0.0917. The molecule has 0 N–H and O–H groups in total. The molecule has 0 aliphatic carbocycles. The van der Waals surface area contributed by atoms with Crippen LogP contribution < -0.4 is 0 Å². The number of carbonyl (C=O) groups excluding carboxylic acids is 1. The van der Waals surface area contributed by atoms with Gasteiger partial charge in [0.2, 0.25) is 0 Å². The van der Waals surface area contributed by atoms with E-state index in [1.54, 1.807) is 11.0 Å². The summed E-state index contributed by atoms with van der Waals surface area (Å²) in [7, 11) is 0. The maximum absolute atomic E-state index is 13.3. The van der Waals surface area contributed by atoms with E-state index >= 15 is 0 Å². The van der Waals surface area contributed by atoms with Gasteiger partial charge in [0.1, 0.15) is 5.82 Å². The summed E-state index contributed by atoms with van der Waals surface area (Å²) in [5.74, 6) is -0.481. The summed E-state index contributed by atoms with van der Waals surface area (Å²) in [6.07, 6.45) is 0. The molecule has 0 aromatic heterocycles. The lowest BCUT2D eigenvalue weighted by molar-refractivity contribution is 0.0643. The fourth-order valence-corrected chi connectivity index (χ4v) is 2.59. The minimum Gasteiger partial charge on any atom is -0.336 e. The molecule has 1 heterocycles. The van der Waals surface area contributed by atoms with Gasteiger partial charge >= 0.3 is 0 Å². The molecule has 0 radical (unpaired) electrons. The summed E-state index contributed by atoms with van der Waals surface area (Å²) >= 11 is 3.21. The van der Waals surface area contributed by atoms with Crippen LogP contribution in [0.1, 0.15) is 17.3 Å². The molecule has 0 bridgehead atoms. The van der Waals surface area contributed by atoms with Crippen molar-refractivity contribution in [3.8, 4) is 0 Å². The second-order valence-corrected chi connectivity index (χ2v) is 5.30. The molecular weight excluding hydrogens is 299 g/mol. The van der Waals surface area contributed by atoms with Gasteiger partial charge in [-0.15, -0.1) is 0 Å². The first-order valence-corrected chi connectivity index (χ1v) is 6.87. The molecule has 1 amide bonds. The zero-order valence-corrected chi connectivity index (χ0v) is 11.9. The van der Waals surface area contributed by atoms with E-state index in [0.29, 0.717) is 23.1 Å². The molecule has 2 rings (SSSR count). The van der Waals surface area contributed by atoms with Crippen LogP contribution in [0.25, 0.3) is 0 Å². The number of halogens is 2. The van der Waals surface area contributed by atoms with Crippen LogP contribution in [0.3, 0.4) is 0 Å². The van der Waals surface area contributed by atoms with Gasteiger partial charge in [-0.2, -0.15) is 0 Å². The number of piperazine rings is 1. The van der Waals surface area contributed by atoms with Crippen LogP contribution >= 0.6 is 15.9 Å². The van der Waals surface area contributed by atoms with Crippen LogP contribution in [0, 0.1) is 5.82 Å². The molecular formula is C13H16BrFN2O. The number of likely N-dealkylation sites (N-methyl/N-ethyl adjacent to an activating group) is 1. The number of hydrogen-bond donors (Lipinski definition) is 0. The molecule has 0 spiro atoms. The zero-order valence-electron chi connectivity index (χ0n) is 10.3. The third-order valence-corrected chi connectivity index (χ3v) is 3.67. The van der Waals surface area contributed by atoms with Gasteiger partial charge in [0, 0.05) is 36.2 Å². The lowest BCUT2D eigenvalue weighted by Gasteiger charge is -2.34. The maximum atomic E-state index is 13.3. The number of carbonyl (C=O) groups is 1. The van der Waals surface area contributed by atoms with Gasteiger partial charge in [-0.3, -0.25) is 4.79 Å². The molecule has 0 unspecified atom stereocenters. The molecule has 0 atom stereocenters. The average Bonchev–Trinajstić information content (AvgIpc) is 2.37. The Labute approximate surface area is 115 Å². The Bertz CT molecular complexity index is 424. The zero-order chi connectivity index (χ0) is 13.1. The van der Waals surface area contributed by atoms with E-state index in [1.165, 1.54) is 12.1 Å². The lowest BCUT2D eigenvalue weighted by atomic mass is 10.1. The van der Waals surface area contributed by atoms with E-state index in [-0.39, 0.29) is 11.7 Å². The molecule has 1 fully saturated rings.